The molecule has 0 unspecified atom stereocenters. The summed E-state index contributed by atoms with van der Waals surface area (Å²) in [5, 5.41) is 14.9. The van der Waals surface area contributed by atoms with E-state index in [1.165, 1.54) is 4.90 Å². The van der Waals surface area contributed by atoms with Crippen LogP contribution >= 0.6 is 11.6 Å². The number of amides is 3. The molecule has 6 nitrogen and oxygen atoms in total. The number of nitrogens with one attached hydrogen (secondary N) is 2. The van der Waals surface area contributed by atoms with E-state index in [1.54, 1.807) is 24.3 Å². The van der Waals surface area contributed by atoms with Gasteiger partial charge in [0.1, 0.15) is 0 Å². The van der Waals surface area contributed by atoms with Crippen molar-refractivity contribution in [2.24, 2.45) is 0 Å². The van der Waals surface area contributed by atoms with Crippen molar-refractivity contribution in [2.75, 3.05) is 19.7 Å². The Hall–Kier alpha value is -2.05. The molecule has 3 N–H and O–H groups in total. The Bertz CT molecular complexity index is 644. The molecule has 2 aliphatic heterocycles. The second-order valence-electron chi connectivity index (χ2n) is 4.90. The fraction of sp³-hybridized carbons (Fsp3) is 0.286. The average Bonchev–Trinajstić information content (AvgIpc) is 2.75. The molecule has 7 heteroatoms. The lowest BCUT2D eigenvalue weighted by Gasteiger charge is -2.26. The van der Waals surface area contributed by atoms with E-state index in [4.69, 9.17) is 16.7 Å². The first-order valence-electron chi connectivity index (χ1n) is 6.57. The van der Waals surface area contributed by atoms with Gasteiger partial charge in [-0.05, 0) is 11.6 Å². The maximum atomic E-state index is 12.5. The fourth-order valence-corrected chi connectivity index (χ4v) is 2.92. The van der Waals surface area contributed by atoms with Crippen LogP contribution in [0.3, 0.4) is 0 Å². The lowest BCUT2D eigenvalue weighted by atomic mass is 9.96. The molecule has 21 heavy (non-hydrogen) atoms. The number of hydrogen-bond donors (Lipinski definition) is 3. The van der Waals surface area contributed by atoms with Gasteiger partial charge in [0.25, 0.3) is 5.91 Å². The van der Waals surface area contributed by atoms with Crippen LogP contribution in [-0.2, 0) is 4.79 Å². The van der Waals surface area contributed by atoms with Gasteiger partial charge in [0.2, 0.25) is 0 Å². The van der Waals surface area contributed by atoms with Crippen LogP contribution in [0, 0.1) is 0 Å². The minimum Gasteiger partial charge on any atom is -0.395 e. The third-order valence-corrected chi connectivity index (χ3v) is 3.95. The first kappa shape index (κ1) is 13.9. The number of hydrogen-bond acceptors (Lipinski definition) is 3. The Balaban J connectivity index is 2.01. The van der Waals surface area contributed by atoms with Gasteiger partial charge in [0, 0.05) is 11.6 Å². The molecule has 0 fully saturated rings. The van der Waals surface area contributed by atoms with E-state index in [2.05, 4.69) is 10.6 Å². The highest BCUT2D eigenvalue weighted by Crippen LogP contribution is 2.35. The molecule has 1 aromatic carbocycles. The van der Waals surface area contributed by atoms with Crippen molar-refractivity contribution in [3.63, 3.8) is 0 Å². The number of benzene rings is 1. The molecule has 0 aliphatic carbocycles. The number of aliphatic hydroxyl groups excluding tert-OH is 1. The highest BCUT2D eigenvalue weighted by Gasteiger charge is 2.40. The molecule has 0 saturated heterocycles. The van der Waals surface area contributed by atoms with Crippen molar-refractivity contribution < 1.29 is 14.7 Å². The number of carbonyl (C=O) groups excluding carboxylic acids is 2. The van der Waals surface area contributed by atoms with Gasteiger partial charge >= 0.3 is 6.03 Å². The Kier molecular flexibility index (Phi) is 3.57. The summed E-state index contributed by atoms with van der Waals surface area (Å²) in [5.41, 5.74) is 1.74. The quantitative estimate of drug-likeness (QED) is 0.772. The van der Waals surface area contributed by atoms with Crippen molar-refractivity contribution >= 4 is 23.5 Å². The zero-order chi connectivity index (χ0) is 15.0. The summed E-state index contributed by atoms with van der Waals surface area (Å²) in [4.78, 5) is 25.7. The van der Waals surface area contributed by atoms with Crippen LogP contribution in [0.2, 0.25) is 5.02 Å². The monoisotopic (exact) mass is 307 g/mol. The van der Waals surface area contributed by atoms with E-state index < -0.39 is 6.04 Å². The molecule has 0 aromatic heterocycles. The Morgan fingerprint density at radius 1 is 1.33 bits per heavy atom. The second-order valence-corrected chi connectivity index (χ2v) is 5.30. The molecule has 0 bridgehead atoms. The normalized spacial score (nSPS) is 21.2. The number of nitrogens with zero attached hydrogens (tertiary/aromatic N) is 1. The summed E-state index contributed by atoms with van der Waals surface area (Å²) in [6.45, 7) is 0.407. The van der Waals surface area contributed by atoms with Gasteiger partial charge in [-0.3, -0.25) is 4.79 Å². The molecule has 2 heterocycles. The predicted octanol–water partition coefficient (Wildman–Crippen LogP) is 0.782. The van der Waals surface area contributed by atoms with Gasteiger partial charge in [-0.2, -0.15) is 0 Å². The van der Waals surface area contributed by atoms with Crippen LogP contribution in [-0.4, -0.2) is 41.6 Å². The third-order valence-electron chi connectivity index (χ3n) is 3.61. The molecule has 110 valence electrons. The molecule has 0 spiro atoms. The van der Waals surface area contributed by atoms with Crippen LogP contribution in [0.4, 0.5) is 4.79 Å². The van der Waals surface area contributed by atoms with Gasteiger partial charge in [-0.15, -0.1) is 0 Å². The van der Waals surface area contributed by atoms with E-state index >= 15 is 0 Å². The van der Waals surface area contributed by atoms with Crippen LogP contribution in [0.15, 0.2) is 35.5 Å². The Morgan fingerprint density at radius 2 is 2.10 bits per heavy atom. The van der Waals surface area contributed by atoms with Crippen molar-refractivity contribution in [2.45, 2.75) is 6.04 Å². The molecule has 1 aromatic rings. The van der Waals surface area contributed by atoms with Gasteiger partial charge in [0.05, 0.1) is 30.5 Å². The molecule has 3 rings (SSSR count). The Labute approximate surface area is 126 Å². The summed E-state index contributed by atoms with van der Waals surface area (Å²) < 4.78 is 0. The average molecular weight is 308 g/mol. The standard InChI is InChI=1S/C14H14ClN3O3/c15-9-4-2-1-3-8(9)12-11-10(16-14(21)17-12)7-18(5-6-19)13(11)20/h1-4,12,19H,5-7H2,(H2,16,17,21)/t12-/m1/s1. The Morgan fingerprint density at radius 3 is 2.81 bits per heavy atom. The van der Waals surface area contributed by atoms with E-state index in [9.17, 15) is 9.59 Å². The number of aliphatic hydroxyl groups is 1. The number of carbonyl (C=O) groups is 2. The minimum absolute atomic E-state index is 0.121. The van der Waals surface area contributed by atoms with Crippen LogP contribution in [0.5, 0.6) is 0 Å². The molecular formula is C14H14ClN3O3. The maximum absolute atomic E-state index is 12.5. The summed E-state index contributed by atoms with van der Waals surface area (Å²) in [6, 6.07) is 6.16. The van der Waals surface area contributed by atoms with Crippen molar-refractivity contribution in [3.05, 3.63) is 46.1 Å². The van der Waals surface area contributed by atoms with Crippen LogP contribution < -0.4 is 10.6 Å². The second kappa shape index (κ2) is 5.38. The first-order chi connectivity index (χ1) is 10.1. The maximum Gasteiger partial charge on any atom is 0.319 e. The van der Waals surface area contributed by atoms with Gasteiger partial charge < -0.3 is 20.6 Å². The van der Waals surface area contributed by atoms with Crippen molar-refractivity contribution in [1.82, 2.24) is 15.5 Å². The molecule has 3 amide bonds. The molecule has 0 saturated carbocycles. The fourth-order valence-electron chi connectivity index (χ4n) is 2.67. The van der Waals surface area contributed by atoms with E-state index in [0.29, 0.717) is 28.4 Å². The summed E-state index contributed by atoms with van der Waals surface area (Å²) in [7, 11) is 0. The topological polar surface area (TPSA) is 81.7 Å². The molecule has 0 radical (unpaired) electrons. The summed E-state index contributed by atoms with van der Waals surface area (Å²) >= 11 is 6.18. The third kappa shape index (κ3) is 2.36. The zero-order valence-electron chi connectivity index (χ0n) is 11.1. The number of β-amino-alcohol motifs (C(OH)–C–C–N with tert-alkyl or cyclic N) is 1. The lowest BCUT2D eigenvalue weighted by Crippen LogP contribution is -2.44. The van der Waals surface area contributed by atoms with Gasteiger partial charge in [-0.1, -0.05) is 29.8 Å². The number of rotatable bonds is 3. The van der Waals surface area contributed by atoms with Crippen LogP contribution in [0.1, 0.15) is 11.6 Å². The highest BCUT2D eigenvalue weighted by atomic mass is 35.5. The van der Waals surface area contributed by atoms with Gasteiger partial charge in [0.15, 0.2) is 0 Å². The van der Waals surface area contributed by atoms with E-state index in [0.717, 1.165) is 0 Å². The van der Waals surface area contributed by atoms with Crippen molar-refractivity contribution in [1.29, 1.82) is 0 Å². The highest BCUT2D eigenvalue weighted by molar-refractivity contribution is 6.31. The molecule has 2 aliphatic rings. The number of halogens is 1. The number of urea groups is 1. The summed E-state index contributed by atoms with van der Waals surface area (Å²) in [6.07, 6.45) is 0. The molecular weight excluding hydrogens is 294 g/mol. The van der Waals surface area contributed by atoms with Crippen molar-refractivity contribution in [3.8, 4) is 0 Å². The molecule has 1 atom stereocenters. The lowest BCUT2D eigenvalue weighted by molar-refractivity contribution is -0.126. The van der Waals surface area contributed by atoms with Crippen LogP contribution in [0.25, 0.3) is 0 Å². The van der Waals surface area contributed by atoms with E-state index in [1.807, 2.05) is 0 Å². The summed E-state index contributed by atoms with van der Waals surface area (Å²) in [5.74, 6) is -0.198. The largest absolute Gasteiger partial charge is 0.395 e. The first-order valence-corrected chi connectivity index (χ1v) is 6.94. The predicted molar refractivity (Wildman–Crippen MR) is 76.6 cm³/mol. The smallest absolute Gasteiger partial charge is 0.319 e. The van der Waals surface area contributed by atoms with E-state index in [-0.39, 0.29) is 25.1 Å². The minimum atomic E-state index is -0.571. The van der Waals surface area contributed by atoms with Gasteiger partial charge in [-0.25, -0.2) is 4.79 Å². The zero-order valence-corrected chi connectivity index (χ0v) is 11.9. The SMILES string of the molecule is O=C1NC2=C(C(=O)N(CCO)C2)[C@@H](c2ccccc2Cl)N1.